The molecule has 1 atom stereocenters. The SMILES string of the molecule is COCCOc1ccc(C(C)NC(=O)C=C(C)C)cc1OC. The molecule has 0 aliphatic carbocycles. The summed E-state index contributed by atoms with van der Waals surface area (Å²) in [7, 11) is 3.22. The van der Waals surface area contributed by atoms with Crippen LogP contribution in [0.5, 0.6) is 11.5 Å². The number of carbonyl (C=O) groups excluding carboxylic acids is 1. The number of hydrogen-bond acceptors (Lipinski definition) is 4. The average molecular weight is 307 g/mol. The Morgan fingerprint density at radius 2 is 1.95 bits per heavy atom. The molecule has 0 fully saturated rings. The standard InChI is InChI=1S/C17H25NO4/c1-12(2)10-17(19)18-13(3)14-6-7-15(16(11-14)21-5)22-9-8-20-4/h6-7,10-11,13H,8-9H2,1-5H3,(H,18,19). The summed E-state index contributed by atoms with van der Waals surface area (Å²) in [5.41, 5.74) is 1.91. The topological polar surface area (TPSA) is 56.8 Å². The first-order valence-corrected chi connectivity index (χ1v) is 7.23. The van der Waals surface area contributed by atoms with Crippen molar-refractivity contribution in [2.45, 2.75) is 26.8 Å². The fraction of sp³-hybridized carbons (Fsp3) is 0.471. The van der Waals surface area contributed by atoms with Crippen molar-refractivity contribution in [1.82, 2.24) is 5.32 Å². The van der Waals surface area contributed by atoms with Gasteiger partial charge in [0.1, 0.15) is 6.61 Å². The molecule has 22 heavy (non-hydrogen) atoms. The van der Waals surface area contributed by atoms with Crippen LogP contribution in [0.4, 0.5) is 0 Å². The summed E-state index contributed by atoms with van der Waals surface area (Å²) < 4.78 is 15.9. The van der Waals surface area contributed by atoms with E-state index in [0.29, 0.717) is 24.7 Å². The van der Waals surface area contributed by atoms with Gasteiger partial charge in [-0.15, -0.1) is 0 Å². The van der Waals surface area contributed by atoms with Gasteiger partial charge in [0.25, 0.3) is 0 Å². The quantitative estimate of drug-likeness (QED) is 0.593. The molecule has 0 saturated heterocycles. The molecule has 122 valence electrons. The van der Waals surface area contributed by atoms with Crippen LogP contribution in [-0.2, 0) is 9.53 Å². The Balaban J connectivity index is 2.79. The Kier molecular flexibility index (Phi) is 7.46. The molecule has 0 aromatic heterocycles. The van der Waals surface area contributed by atoms with Crippen molar-refractivity contribution >= 4 is 5.91 Å². The van der Waals surface area contributed by atoms with Crippen LogP contribution >= 0.6 is 0 Å². The highest BCUT2D eigenvalue weighted by Gasteiger charge is 2.12. The number of ether oxygens (including phenoxy) is 3. The van der Waals surface area contributed by atoms with E-state index in [-0.39, 0.29) is 11.9 Å². The molecule has 1 N–H and O–H groups in total. The summed E-state index contributed by atoms with van der Waals surface area (Å²) in [6.45, 7) is 6.68. The van der Waals surface area contributed by atoms with E-state index < -0.39 is 0 Å². The largest absolute Gasteiger partial charge is 0.493 e. The molecule has 1 rings (SSSR count). The zero-order valence-electron chi connectivity index (χ0n) is 13.9. The van der Waals surface area contributed by atoms with Gasteiger partial charge in [0.05, 0.1) is 19.8 Å². The molecule has 1 amide bonds. The molecular formula is C17H25NO4. The van der Waals surface area contributed by atoms with Gasteiger partial charge in [0.15, 0.2) is 11.5 Å². The summed E-state index contributed by atoms with van der Waals surface area (Å²) in [6, 6.07) is 5.51. The zero-order chi connectivity index (χ0) is 16.5. The van der Waals surface area contributed by atoms with Crippen molar-refractivity contribution in [3.63, 3.8) is 0 Å². The maximum absolute atomic E-state index is 11.8. The van der Waals surface area contributed by atoms with E-state index in [1.165, 1.54) is 0 Å². The molecule has 0 radical (unpaired) electrons. The van der Waals surface area contributed by atoms with Crippen LogP contribution in [-0.4, -0.2) is 33.3 Å². The Morgan fingerprint density at radius 3 is 2.55 bits per heavy atom. The first kappa shape index (κ1) is 18.0. The Labute approximate surface area is 132 Å². The van der Waals surface area contributed by atoms with Crippen molar-refractivity contribution < 1.29 is 19.0 Å². The number of carbonyl (C=O) groups is 1. The van der Waals surface area contributed by atoms with Crippen LogP contribution in [0, 0.1) is 0 Å². The van der Waals surface area contributed by atoms with Gasteiger partial charge in [-0.3, -0.25) is 4.79 Å². The van der Waals surface area contributed by atoms with Crippen LogP contribution in [0.3, 0.4) is 0 Å². The van der Waals surface area contributed by atoms with Crippen molar-refractivity contribution in [2.75, 3.05) is 27.4 Å². The van der Waals surface area contributed by atoms with Crippen LogP contribution in [0.25, 0.3) is 0 Å². The Morgan fingerprint density at radius 1 is 1.23 bits per heavy atom. The highest BCUT2D eigenvalue weighted by molar-refractivity contribution is 5.88. The molecule has 0 aliphatic heterocycles. The molecule has 0 aliphatic rings. The van der Waals surface area contributed by atoms with Gasteiger partial charge in [-0.2, -0.15) is 0 Å². The molecule has 5 heteroatoms. The molecule has 0 bridgehead atoms. The number of allylic oxidation sites excluding steroid dienone is 1. The minimum atomic E-state index is -0.120. The first-order chi connectivity index (χ1) is 10.5. The average Bonchev–Trinajstić information content (AvgIpc) is 2.46. The zero-order valence-corrected chi connectivity index (χ0v) is 13.9. The van der Waals surface area contributed by atoms with Crippen molar-refractivity contribution in [1.29, 1.82) is 0 Å². The molecule has 1 unspecified atom stereocenters. The number of amides is 1. The minimum Gasteiger partial charge on any atom is -0.493 e. The highest BCUT2D eigenvalue weighted by atomic mass is 16.5. The second kappa shape index (κ2) is 9.10. The van der Waals surface area contributed by atoms with E-state index in [9.17, 15) is 4.79 Å². The van der Waals surface area contributed by atoms with E-state index in [1.54, 1.807) is 20.3 Å². The normalized spacial score (nSPS) is 11.5. The molecule has 5 nitrogen and oxygen atoms in total. The van der Waals surface area contributed by atoms with Crippen LogP contribution < -0.4 is 14.8 Å². The minimum absolute atomic E-state index is 0.105. The number of methoxy groups -OCH3 is 2. The van der Waals surface area contributed by atoms with Crippen molar-refractivity contribution in [2.24, 2.45) is 0 Å². The molecule has 0 heterocycles. The third-order valence-electron chi connectivity index (χ3n) is 3.01. The van der Waals surface area contributed by atoms with E-state index >= 15 is 0 Å². The highest BCUT2D eigenvalue weighted by Crippen LogP contribution is 2.30. The summed E-state index contributed by atoms with van der Waals surface area (Å²) in [5.74, 6) is 1.19. The number of rotatable bonds is 8. The smallest absolute Gasteiger partial charge is 0.244 e. The summed E-state index contributed by atoms with van der Waals surface area (Å²) in [5, 5.41) is 2.92. The summed E-state index contributed by atoms with van der Waals surface area (Å²) >= 11 is 0. The second-order valence-corrected chi connectivity index (χ2v) is 5.20. The van der Waals surface area contributed by atoms with Crippen LogP contribution in [0.1, 0.15) is 32.4 Å². The molecule has 0 saturated carbocycles. The van der Waals surface area contributed by atoms with Crippen LogP contribution in [0.15, 0.2) is 29.8 Å². The Bertz CT molecular complexity index is 521. The second-order valence-electron chi connectivity index (χ2n) is 5.20. The maximum Gasteiger partial charge on any atom is 0.244 e. The number of benzene rings is 1. The third-order valence-corrected chi connectivity index (χ3v) is 3.01. The van der Waals surface area contributed by atoms with Crippen LogP contribution in [0.2, 0.25) is 0 Å². The number of hydrogen-bond donors (Lipinski definition) is 1. The van der Waals surface area contributed by atoms with Gasteiger partial charge in [-0.25, -0.2) is 0 Å². The van der Waals surface area contributed by atoms with E-state index in [4.69, 9.17) is 14.2 Å². The predicted molar refractivity (Wildman–Crippen MR) is 86.4 cm³/mol. The van der Waals surface area contributed by atoms with Gasteiger partial charge in [-0.05, 0) is 38.5 Å². The molecule has 1 aromatic carbocycles. The van der Waals surface area contributed by atoms with Crippen molar-refractivity contribution in [3.8, 4) is 11.5 Å². The fourth-order valence-electron chi connectivity index (χ4n) is 1.91. The van der Waals surface area contributed by atoms with Gasteiger partial charge in [-0.1, -0.05) is 11.6 Å². The summed E-state index contributed by atoms with van der Waals surface area (Å²) in [6.07, 6.45) is 1.58. The fourth-order valence-corrected chi connectivity index (χ4v) is 1.91. The van der Waals surface area contributed by atoms with Crippen molar-refractivity contribution in [3.05, 3.63) is 35.4 Å². The lowest BCUT2D eigenvalue weighted by Crippen LogP contribution is -2.24. The third kappa shape index (κ3) is 5.77. The van der Waals surface area contributed by atoms with Gasteiger partial charge in [0.2, 0.25) is 5.91 Å². The van der Waals surface area contributed by atoms with Gasteiger partial charge < -0.3 is 19.5 Å². The monoisotopic (exact) mass is 307 g/mol. The maximum atomic E-state index is 11.8. The van der Waals surface area contributed by atoms with Gasteiger partial charge in [0, 0.05) is 13.2 Å². The first-order valence-electron chi connectivity index (χ1n) is 7.23. The predicted octanol–water partition coefficient (Wildman–Crippen LogP) is 2.86. The molecule has 0 spiro atoms. The lowest BCUT2D eigenvalue weighted by atomic mass is 10.1. The molecular weight excluding hydrogens is 282 g/mol. The Hall–Kier alpha value is -2.01. The van der Waals surface area contributed by atoms with E-state index in [1.807, 2.05) is 39.0 Å². The summed E-state index contributed by atoms with van der Waals surface area (Å²) in [4.78, 5) is 11.8. The molecule has 1 aromatic rings. The lowest BCUT2D eigenvalue weighted by molar-refractivity contribution is -0.117. The lowest BCUT2D eigenvalue weighted by Gasteiger charge is -2.16. The van der Waals surface area contributed by atoms with E-state index in [0.717, 1.165) is 11.1 Å². The van der Waals surface area contributed by atoms with E-state index in [2.05, 4.69) is 5.32 Å². The number of nitrogens with one attached hydrogen (secondary N) is 1. The van der Waals surface area contributed by atoms with Gasteiger partial charge >= 0.3 is 0 Å².